The first-order chi connectivity index (χ1) is 41.8. The maximum Gasteiger partial charge on any atom is 0.137 e. The summed E-state index contributed by atoms with van der Waals surface area (Å²) < 4.78 is 9.32. The normalized spacial score (nSPS) is 19.0. The Hall–Kier alpha value is -10.2. The van der Waals surface area contributed by atoms with Crippen LogP contribution in [0, 0.1) is 0 Å². The van der Waals surface area contributed by atoms with Gasteiger partial charge in [0, 0.05) is 46.6 Å². The van der Waals surface area contributed by atoms with E-state index in [4.69, 9.17) is 9.72 Å². The highest BCUT2D eigenvalue weighted by atomic mass is 16.5. The Kier molecular flexibility index (Phi) is 10.0. The number of benzene rings is 11. The number of pyridine rings is 1. The van der Waals surface area contributed by atoms with Gasteiger partial charge in [0.05, 0.1) is 38.9 Å². The fourth-order valence-electron chi connectivity index (χ4n) is 16.5. The van der Waals surface area contributed by atoms with Gasteiger partial charge in [-0.25, -0.2) is 4.98 Å². The number of aromatic nitrogens is 2. The summed E-state index contributed by atoms with van der Waals surface area (Å²) in [6.45, 7) is 7.31. The van der Waals surface area contributed by atoms with Crippen molar-refractivity contribution in [3.63, 3.8) is 0 Å². The van der Waals surface area contributed by atoms with E-state index in [1.165, 1.54) is 94.5 Å². The van der Waals surface area contributed by atoms with Gasteiger partial charge in [-0.3, -0.25) is 4.57 Å². The predicted molar refractivity (Wildman–Crippen MR) is 344 cm³/mol. The first-order valence-electron chi connectivity index (χ1n) is 29.9. The smallest absolute Gasteiger partial charge is 0.137 e. The van der Waals surface area contributed by atoms with Gasteiger partial charge in [0.15, 0.2) is 0 Å². The molecule has 5 heteroatoms. The molecule has 0 spiro atoms. The van der Waals surface area contributed by atoms with E-state index in [0.717, 1.165) is 50.8 Å². The molecular weight excluding hydrogens is 1030 g/mol. The fraction of sp³-hybridized carbons (Fsp3) is 0.113. The average Bonchev–Trinajstić information content (AvgIpc) is 1.14. The summed E-state index contributed by atoms with van der Waals surface area (Å²) in [6, 6.07) is 101. The summed E-state index contributed by atoms with van der Waals surface area (Å²) in [5.41, 5.74) is 25.4. The summed E-state index contributed by atoms with van der Waals surface area (Å²) in [5.74, 6) is 2.66. The highest BCUT2D eigenvalue weighted by molar-refractivity contribution is 6.09. The van der Waals surface area contributed by atoms with Crippen molar-refractivity contribution in [2.24, 2.45) is 0 Å². The first-order valence-corrected chi connectivity index (χ1v) is 29.9. The van der Waals surface area contributed by atoms with Gasteiger partial charge in [-0.1, -0.05) is 221 Å². The van der Waals surface area contributed by atoms with Crippen LogP contribution in [0.3, 0.4) is 0 Å². The van der Waals surface area contributed by atoms with E-state index in [1.807, 2.05) is 6.20 Å². The lowest BCUT2D eigenvalue weighted by atomic mass is 9.48. The minimum Gasteiger partial charge on any atom is -0.457 e. The molecule has 5 nitrogen and oxygen atoms in total. The van der Waals surface area contributed by atoms with Crippen molar-refractivity contribution in [1.29, 1.82) is 0 Å². The molecule has 13 aromatic rings. The van der Waals surface area contributed by atoms with E-state index in [0.29, 0.717) is 6.67 Å². The zero-order chi connectivity index (χ0) is 56.3. The Balaban J connectivity index is 0.853. The maximum atomic E-state index is 7.04. The molecule has 20 rings (SSSR count). The van der Waals surface area contributed by atoms with Crippen molar-refractivity contribution < 1.29 is 4.74 Å². The van der Waals surface area contributed by atoms with Crippen LogP contribution in [0.4, 0.5) is 22.7 Å². The molecule has 0 amide bonds. The van der Waals surface area contributed by atoms with Crippen molar-refractivity contribution in [2.75, 3.05) is 16.5 Å². The van der Waals surface area contributed by atoms with Crippen LogP contribution in [0.15, 0.2) is 273 Å². The third-order valence-corrected chi connectivity index (χ3v) is 19.8. The second kappa shape index (κ2) is 17.7. The van der Waals surface area contributed by atoms with Gasteiger partial charge in [-0.15, -0.1) is 0 Å². The molecule has 0 unspecified atom stereocenters. The Labute approximate surface area is 495 Å². The highest BCUT2D eigenvalue weighted by Crippen LogP contribution is 2.68. The van der Waals surface area contributed by atoms with E-state index in [-0.39, 0.29) is 17.3 Å². The average molecular weight is 1090 g/mol. The molecule has 11 aromatic carbocycles. The lowest BCUT2D eigenvalue weighted by molar-refractivity contribution is 0.483. The van der Waals surface area contributed by atoms with Crippen molar-refractivity contribution in [3.8, 4) is 17.3 Å². The van der Waals surface area contributed by atoms with Gasteiger partial charge in [0.2, 0.25) is 0 Å². The van der Waals surface area contributed by atoms with E-state index < -0.39 is 10.8 Å². The molecule has 1 aliphatic heterocycles. The van der Waals surface area contributed by atoms with Crippen LogP contribution in [0.25, 0.3) is 27.6 Å². The number of anilines is 4. The van der Waals surface area contributed by atoms with Gasteiger partial charge in [0.1, 0.15) is 24.0 Å². The number of nitrogens with zero attached hydrogens (tertiary/aromatic N) is 4. The lowest BCUT2D eigenvalue weighted by Gasteiger charge is -2.54. The number of rotatable bonds is 7. The summed E-state index contributed by atoms with van der Waals surface area (Å²) in [4.78, 5) is 10.1. The molecule has 404 valence electrons. The molecule has 0 saturated heterocycles. The minimum atomic E-state index is -0.681. The number of fused-ring (bicyclic) bond motifs is 4. The highest BCUT2D eigenvalue weighted by Gasteiger charge is 2.58. The third kappa shape index (κ3) is 6.45. The summed E-state index contributed by atoms with van der Waals surface area (Å²) in [6.07, 6.45) is 1.94. The Bertz CT molecular complexity index is 4560. The Morgan fingerprint density at radius 2 is 0.824 bits per heavy atom. The van der Waals surface area contributed by atoms with Crippen LogP contribution in [-0.2, 0) is 16.2 Å². The standard InChI is InChI=1S/C80H58N4O/c1-78(2,3)50-44-45-81-74(46-50)84-70-39-17-10-24-54(70)55-43-42-53(48-73(55)84)85-52-23-20-22-51(47-52)82-49-83(72-41-19-18-40-71(72)82)77-68(79-62-31-11-4-25-56(62)75(57-26-5-12-32-63(57)79)58-27-6-13-33-64(58)79)37-21-38-69(77)80-65-34-14-7-28-59(65)76(60-29-8-15-35-66(60)80)61-30-9-16-36-67(61)80/h4-48,75-76H,49H2,1-3H3. The summed E-state index contributed by atoms with van der Waals surface area (Å²) in [7, 11) is 0. The monoisotopic (exact) mass is 1090 g/mol. The topological polar surface area (TPSA) is 33.5 Å². The molecule has 85 heavy (non-hydrogen) atoms. The molecule has 6 aliphatic carbocycles. The number of hydrogen-bond donors (Lipinski definition) is 0. The molecule has 0 N–H and O–H groups in total. The molecule has 3 heterocycles. The molecular formula is C80H58N4O. The second-order valence-corrected chi connectivity index (χ2v) is 24.9. The Morgan fingerprint density at radius 1 is 0.388 bits per heavy atom. The van der Waals surface area contributed by atoms with Crippen LogP contribution < -0.4 is 14.5 Å². The van der Waals surface area contributed by atoms with Gasteiger partial charge >= 0.3 is 0 Å². The lowest BCUT2D eigenvalue weighted by Crippen LogP contribution is -2.46. The quantitative estimate of drug-likeness (QED) is 0.159. The molecule has 0 fully saturated rings. The van der Waals surface area contributed by atoms with Crippen LogP contribution in [0.5, 0.6) is 11.5 Å². The molecule has 0 atom stereocenters. The summed E-state index contributed by atoms with van der Waals surface area (Å²) in [5, 5.41) is 2.33. The SMILES string of the molecule is CC(C)(C)c1ccnc(-n2c3ccccc3c3ccc(Oc4cccc(N5CN(c6c(C78c9ccccc9C(c9ccccc97)c7ccccc78)cccc6C67c8ccccc8C(c8ccccc86)c6ccccc67)c6ccccc65)c4)cc32)c1. The summed E-state index contributed by atoms with van der Waals surface area (Å²) >= 11 is 0. The maximum absolute atomic E-state index is 7.04. The van der Waals surface area contributed by atoms with Crippen molar-refractivity contribution in [3.05, 3.63) is 357 Å². The molecule has 7 aliphatic rings. The first kappa shape index (κ1) is 48.3. The molecule has 4 bridgehead atoms. The molecule has 0 radical (unpaired) electrons. The van der Waals surface area contributed by atoms with Crippen LogP contribution in [0.2, 0.25) is 0 Å². The van der Waals surface area contributed by atoms with Crippen molar-refractivity contribution in [2.45, 2.75) is 48.9 Å². The zero-order valence-corrected chi connectivity index (χ0v) is 47.5. The van der Waals surface area contributed by atoms with E-state index >= 15 is 0 Å². The van der Waals surface area contributed by atoms with E-state index in [2.05, 4.69) is 302 Å². The zero-order valence-electron chi connectivity index (χ0n) is 47.5. The Morgan fingerprint density at radius 3 is 1.35 bits per heavy atom. The van der Waals surface area contributed by atoms with Crippen LogP contribution in [-0.4, -0.2) is 16.2 Å². The molecule has 0 saturated carbocycles. The minimum absolute atomic E-state index is 0.0346. The van der Waals surface area contributed by atoms with Crippen molar-refractivity contribution >= 4 is 44.6 Å². The van der Waals surface area contributed by atoms with Crippen LogP contribution in [0.1, 0.15) is 116 Å². The number of ether oxygens (including phenoxy) is 1. The molecule has 2 aromatic heterocycles. The third-order valence-electron chi connectivity index (χ3n) is 19.8. The van der Waals surface area contributed by atoms with Gasteiger partial charge in [-0.2, -0.15) is 0 Å². The van der Waals surface area contributed by atoms with E-state index in [1.54, 1.807) is 0 Å². The van der Waals surface area contributed by atoms with Crippen LogP contribution >= 0.6 is 0 Å². The second-order valence-electron chi connectivity index (χ2n) is 24.9. The fourth-order valence-corrected chi connectivity index (χ4v) is 16.5. The van der Waals surface area contributed by atoms with Gasteiger partial charge in [0.25, 0.3) is 0 Å². The van der Waals surface area contributed by atoms with E-state index in [9.17, 15) is 0 Å². The number of hydrogen-bond acceptors (Lipinski definition) is 4. The van der Waals surface area contributed by atoms with Gasteiger partial charge < -0.3 is 14.5 Å². The number of para-hydroxylation sites is 4. The van der Waals surface area contributed by atoms with Gasteiger partial charge in [-0.05, 0) is 143 Å². The largest absolute Gasteiger partial charge is 0.457 e. The predicted octanol–water partition coefficient (Wildman–Crippen LogP) is 18.9. The van der Waals surface area contributed by atoms with Crippen molar-refractivity contribution in [1.82, 2.24) is 9.55 Å².